The minimum atomic E-state index is -0.996. The molecular formula is C17H14O5. The Kier molecular flexibility index (Phi) is 3.56. The molecule has 0 fully saturated rings. The zero-order valence-corrected chi connectivity index (χ0v) is 11.6. The zero-order chi connectivity index (χ0) is 15.7. The summed E-state index contributed by atoms with van der Waals surface area (Å²) in [6.07, 6.45) is -0.753. The first-order valence-electron chi connectivity index (χ1n) is 6.76. The van der Waals surface area contributed by atoms with Crippen LogP contribution in [0.3, 0.4) is 0 Å². The highest BCUT2D eigenvalue weighted by Gasteiger charge is 2.14. The third-order valence-electron chi connectivity index (χ3n) is 3.43. The summed E-state index contributed by atoms with van der Waals surface area (Å²) in [6.45, 7) is 0. The molecule has 1 atom stereocenters. The maximum absolute atomic E-state index is 12.0. The van der Waals surface area contributed by atoms with Gasteiger partial charge in [-0.25, -0.2) is 0 Å². The monoisotopic (exact) mass is 298 g/mol. The van der Waals surface area contributed by atoms with E-state index < -0.39 is 6.10 Å². The lowest BCUT2D eigenvalue weighted by molar-refractivity contribution is 0.151. The normalized spacial score (nSPS) is 12.4. The number of benzene rings is 2. The van der Waals surface area contributed by atoms with E-state index in [1.807, 2.05) is 0 Å². The van der Waals surface area contributed by atoms with E-state index in [2.05, 4.69) is 0 Å². The molecule has 3 N–H and O–H groups in total. The Balaban J connectivity index is 1.95. The second-order valence-electron chi connectivity index (χ2n) is 5.08. The second kappa shape index (κ2) is 5.54. The van der Waals surface area contributed by atoms with Crippen LogP contribution in [0.25, 0.3) is 11.0 Å². The zero-order valence-electron chi connectivity index (χ0n) is 11.6. The molecule has 1 heterocycles. The Labute approximate surface area is 125 Å². The fraction of sp³-hybridized carbons (Fsp3) is 0.118. The van der Waals surface area contributed by atoms with Crippen molar-refractivity contribution < 1.29 is 19.7 Å². The lowest BCUT2D eigenvalue weighted by Gasteiger charge is -2.11. The summed E-state index contributed by atoms with van der Waals surface area (Å²) in [4.78, 5) is 12.0. The van der Waals surface area contributed by atoms with Gasteiger partial charge in [0.25, 0.3) is 0 Å². The van der Waals surface area contributed by atoms with E-state index in [4.69, 9.17) is 4.42 Å². The van der Waals surface area contributed by atoms with Crippen molar-refractivity contribution in [1.82, 2.24) is 0 Å². The van der Waals surface area contributed by atoms with Crippen LogP contribution in [0.1, 0.15) is 17.4 Å². The largest absolute Gasteiger partial charge is 0.508 e. The first kappa shape index (κ1) is 14.2. The average molecular weight is 298 g/mol. The van der Waals surface area contributed by atoms with Gasteiger partial charge in [-0.2, -0.15) is 0 Å². The van der Waals surface area contributed by atoms with Crippen LogP contribution in [0.15, 0.2) is 57.7 Å². The van der Waals surface area contributed by atoms with Gasteiger partial charge in [0.05, 0.1) is 5.39 Å². The smallest absolute Gasteiger partial charge is 0.193 e. The molecule has 0 radical (unpaired) electrons. The highest BCUT2D eigenvalue weighted by Crippen LogP contribution is 2.24. The topological polar surface area (TPSA) is 90.9 Å². The molecule has 2 aromatic carbocycles. The summed E-state index contributed by atoms with van der Waals surface area (Å²) in [5.41, 5.74) is 0.747. The molecule has 5 nitrogen and oxygen atoms in total. The van der Waals surface area contributed by atoms with Crippen molar-refractivity contribution in [3.8, 4) is 11.5 Å². The number of phenolic OH excluding ortho intramolecular Hbond substituents is 2. The highest BCUT2D eigenvalue weighted by molar-refractivity contribution is 5.77. The summed E-state index contributed by atoms with van der Waals surface area (Å²) in [6, 6.07) is 11.9. The van der Waals surface area contributed by atoms with Gasteiger partial charge in [0.2, 0.25) is 0 Å². The molecule has 0 saturated heterocycles. The minimum Gasteiger partial charge on any atom is -0.508 e. The summed E-state index contributed by atoms with van der Waals surface area (Å²) >= 11 is 0. The van der Waals surface area contributed by atoms with Crippen molar-refractivity contribution >= 4 is 11.0 Å². The number of fused-ring (bicyclic) bond motifs is 1. The maximum Gasteiger partial charge on any atom is 0.193 e. The fourth-order valence-electron chi connectivity index (χ4n) is 2.28. The van der Waals surface area contributed by atoms with E-state index in [9.17, 15) is 20.1 Å². The number of rotatable bonds is 3. The lowest BCUT2D eigenvalue weighted by atomic mass is 10.1. The lowest BCUT2D eigenvalue weighted by Crippen LogP contribution is -2.08. The molecule has 0 spiro atoms. The fourth-order valence-corrected chi connectivity index (χ4v) is 2.28. The van der Waals surface area contributed by atoms with Crippen LogP contribution in [0.5, 0.6) is 11.5 Å². The molecule has 0 unspecified atom stereocenters. The SMILES string of the molecule is O=c1cc([C@H](O)Cc2ccc(O)cc2)oc2cc(O)ccc12. The number of phenols is 2. The molecule has 1 aromatic heterocycles. The third kappa shape index (κ3) is 2.80. The molecule has 112 valence electrons. The molecule has 0 saturated carbocycles. The Hall–Kier alpha value is -2.79. The van der Waals surface area contributed by atoms with E-state index in [0.29, 0.717) is 5.39 Å². The predicted molar refractivity (Wildman–Crippen MR) is 80.9 cm³/mol. The quantitative estimate of drug-likeness (QED) is 0.691. The van der Waals surface area contributed by atoms with Gasteiger partial charge in [-0.05, 0) is 29.8 Å². The molecule has 3 aromatic rings. The van der Waals surface area contributed by atoms with Crippen LogP contribution in [-0.2, 0) is 6.42 Å². The van der Waals surface area contributed by atoms with Gasteiger partial charge in [-0.15, -0.1) is 0 Å². The molecule has 0 amide bonds. The first-order chi connectivity index (χ1) is 10.5. The first-order valence-corrected chi connectivity index (χ1v) is 6.76. The molecule has 0 aliphatic heterocycles. The minimum absolute atomic E-state index is 0.0131. The van der Waals surface area contributed by atoms with Crippen LogP contribution in [-0.4, -0.2) is 15.3 Å². The summed E-state index contributed by atoms with van der Waals surface area (Å²) < 4.78 is 5.52. The highest BCUT2D eigenvalue weighted by atomic mass is 16.4. The molecule has 5 heteroatoms. The van der Waals surface area contributed by atoms with Gasteiger partial charge >= 0.3 is 0 Å². The van der Waals surface area contributed by atoms with E-state index in [0.717, 1.165) is 5.56 Å². The molecule has 0 bridgehead atoms. The van der Waals surface area contributed by atoms with Crippen molar-refractivity contribution in [1.29, 1.82) is 0 Å². The Morgan fingerprint density at radius 3 is 2.36 bits per heavy atom. The maximum atomic E-state index is 12.0. The van der Waals surface area contributed by atoms with E-state index in [1.165, 1.54) is 36.4 Å². The number of hydrogen-bond donors (Lipinski definition) is 3. The van der Waals surface area contributed by atoms with Crippen LogP contribution in [0, 0.1) is 0 Å². The number of aromatic hydroxyl groups is 2. The van der Waals surface area contributed by atoms with Crippen molar-refractivity contribution in [3.05, 3.63) is 70.1 Å². The van der Waals surface area contributed by atoms with Crippen molar-refractivity contribution in [2.24, 2.45) is 0 Å². The van der Waals surface area contributed by atoms with Crippen LogP contribution in [0.4, 0.5) is 0 Å². The molecule has 22 heavy (non-hydrogen) atoms. The third-order valence-corrected chi connectivity index (χ3v) is 3.43. The van der Waals surface area contributed by atoms with Gasteiger partial charge < -0.3 is 19.7 Å². The second-order valence-corrected chi connectivity index (χ2v) is 5.08. The van der Waals surface area contributed by atoms with Crippen molar-refractivity contribution in [2.75, 3.05) is 0 Å². The van der Waals surface area contributed by atoms with Gasteiger partial charge in [0.15, 0.2) is 5.43 Å². The summed E-state index contributed by atoms with van der Waals surface area (Å²) in [5.74, 6) is 0.267. The van der Waals surface area contributed by atoms with Gasteiger partial charge in [-0.1, -0.05) is 12.1 Å². The average Bonchev–Trinajstić information content (AvgIpc) is 2.49. The van der Waals surface area contributed by atoms with Crippen LogP contribution < -0.4 is 5.43 Å². The summed E-state index contributed by atoms with van der Waals surface area (Å²) in [5, 5.41) is 29.3. The van der Waals surface area contributed by atoms with Gasteiger partial charge in [0, 0.05) is 18.6 Å². The molecule has 0 aliphatic rings. The number of aliphatic hydroxyl groups excluding tert-OH is 1. The molecule has 0 aliphatic carbocycles. The standard InChI is InChI=1S/C17H14O5/c18-11-3-1-10(2-4-11)7-15(21)17-9-14(20)13-6-5-12(19)8-16(13)22-17/h1-6,8-9,15,18-19,21H,7H2/t15-/m1/s1. The summed E-state index contributed by atoms with van der Waals surface area (Å²) in [7, 11) is 0. The van der Waals surface area contributed by atoms with Crippen LogP contribution >= 0.6 is 0 Å². The van der Waals surface area contributed by atoms with Gasteiger partial charge in [-0.3, -0.25) is 4.79 Å². The van der Waals surface area contributed by atoms with Crippen LogP contribution in [0.2, 0.25) is 0 Å². The van der Waals surface area contributed by atoms with Gasteiger partial charge in [0.1, 0.15) is 28.9 Å². The van der Waals surface area contributed by atoms with Crippen molar-refractivity contribution in [2.45, 2.75) is 12.5 Å². The van der Waals surface area contributed by atoms with Crippen molar-refractivity contribution in [3.63, 3.8) is 0 Å². The van der Waals surface area contributed by atoms with E-state index >= 15 is 0 Å². The Bertz CT molecular complexity index is 864. The molecule has 3 rings (SSSR count). The van der Waals surface area contributed by atoms with E-state index in [-0.39, 0.29) is 34.7 Å². The molecular weight excluding hydrogens is 284 g/mol. The predicted octanol–water partition coefficient (Wildman–Crippen LogP) is 2.48. The Morgan fingerprint density at radius 1 is 0.955 bits per heavy atom. The number of aliphatic hydroxyl groups is 1. The Morgan fingerprint density at radius 2 is 1.64 bits per heavy atom. The number of hydrogen-bond acceptors (Lipinski definition) is 5. The van der Waals surface area contributed by atoms with E-state index in [1.54, 1.807) is 12.1 Å².